The molecule has 1 aliphatic heterocycles. The molecule has 0 aromatic heterocycles. The van der Waals surface area contributed by atoms with Crippen molar-refractivity contribution < 1.29 is 33.3 Å². The molecular weight excluding hydrogens is 551 g/mol. The van der Waals surface area contributed by atoms with Crippen LogP contribution in [0.15, 0.2) is 54.6 Å². The summed E-state index contributed by atoms with van der Waals surface area (Å²) in [5.41, 5.74) is 2.78. The predicted octanol–water partition coefficient (Wildman–Crippen LogP) is 7.43. The number of benzene rings is 3. The third-order valence-corrected chi connectivity index (χ3v) is 7.49. The summed E-state index contributed by atoms with van der Waals surface area (Å²) >= 11 is 0. The molecule has 0 spiro atoms. The normalized spacial score (nSPS) is 16.8. The fourth-order valence-corrected chi connectivity index (χ4v) is 5.21. The van der Waals surface area contributed by atoms with Gasteiger partial charge in [0.25, 0.3) is 0 Å². The van der Waals surface area contributed by atoms with Gasteiger partial charge in [-0.15, -0.1) is 0 Å². The van der Waals surface area contributed by atoms with Crippen LogP contribution in [0.5, 0.6) is 11.5 Å². The third-order valence-electron chi connectivity index (χ3n) is 7.49. The summed E-state index contributed by atoms with van der Waals surface area (Å²) in [4.78, 5) is 23.9. The number of fused-ring (bicyclic) bond motifs is 1. The minimum Gasteiger partial charge on any atom is -0.491 e. The summed E-state index contributed by atoms with van der Waals surface area (Å²) in [6.45, 7) is 8.24. The number of ether oxygens (including phenoxy) is 3. The standard InChI is InChI=1S/C34H39FN2O6/c1-20(37-33(40)43-34(2,3)4)24-9-7-10-25(31(24)35)23-16-26-29(42-28-11-6-5-8-22(28)18-30(38)39)14-15-41-32(26)27(17-23)36-19-21-12-13-21/h5-11,16-17,20-21,29,36H,12-15,18-19H2,1-4H3,(H,37,40)(H,38,39)/t20-,29?/m1/s1. The molecule has 1 aliphatic carbocycles. The molecule has 0 bridgehead atoms. The molecule has 1 amide bonds. The van der Waals surface area contributed by atoms with E-state index in [1.807, 2.05) is 18.2 Å². The molecule has 1 saturated carbocycles. The molecule has 0 saturated heterocycles. The summed E-state index contributed by atoms with van der Waals surface area (Å²) < 4.78 is 34.1. The third kappa shape index (κ3) is 7.58. The molecule has 3 aromatic carbocycles. The van der Waals surface area contributed by atoms with Gasteiger partial charge in [0.2, 0.25) is 0 Å². The Morgan fingerprint density at radius 3 is 2.58 bits per heavy atom. The first-order valence-electron chi connectivity index (χ1n) is 14.8. The van der Waals surface area contributed by atoms with Gasteiger partial charge in [0.05, 0.1) is 24.8 Å². The van der Waals surface area contributed by atoms with E-state index in [-0.39, 0.29) is 6.42 Å². The van der Waals surface area contributed by atoms with Crippen LogP contribution in [0.1, 0.15) is 75.8 Å². The van der Waals surface area contributed by atoms with E-state index in [0.717, 1.165) is 17.8 Å². The second-order valence-electron chi connectivity index (χ2n) is 12.3. The van der Waals surface area contributed by atoms with E-state index in [2.05, 4.69) is 10.6 Å². The number of carboxylic acid groups (broad SMARTS) is 1. The van der Waals surface area contributed by atoms with E-state index in [1.54, 1.807) is 64.1 Å². The van der Waals surface area contributed by atoms with Crippen molar-refractivity contribution in [1.82, 2.24) is 5.32 Å². The van der Waals surface area contributed by atoms with Gasteiger partial charge >= 0.3 is 12.1 Å². The Morgan fingerprint density at radius 1 is 1.09 bits per heavy atom. The molecule has 5 rings (SSSR count). The zero-order chi connectivity index (χ0) is 30.7. The Balaban J connectivity index is 1.50. The van der Waals surface area contributed by atoms with Gasteiger partial charge in [0.15, 0.2) is 0 Å². The van der Waals surface area contributed by atoms with Crippen LogP contribution in [0, 0.1) is 11.7 Å². The number of aliphatic carboxylic acids is 1. The fraction of sp³-hybridized carbons (Fsp3) is 0.412. The van der Waals surface area contributed by atoms with Crippen LogP contribution in [0.3, 0.4) is 0 Å². The van der Waals surface area contributed by atoms with E-state index in [1.165, 1.54) is 12.8 Å². The fourth-order valence-electron chi connectivity index (χ4n) is 5.21. The molecule has 1 fully saturated rings. The van der Waals surface area contributed by atoms with Gasteiger partial charge in [-0.2, -0.15) is 0 Å². The maximum absolute atomic E-state index is 16.2. The first-order chi connectivity index (χ1) is 20.5. The smallest absolute Gasteiger partial charge is 0.408 e. The molecular formula is C34H39FN2O6. The first-order valence-corrected chi connectivity index (χ1v) is 14.8. The first kappa shape index (κ1) is 30.2. The van der Waals surface area contributed by atoms with Gasteiger partial charge in [0, 0.05) is 35.2 Å². The van der Waals surface area contributed by atoms with Crippen LogP contribution < -0.4 is 20.1 Å². The predicted molar refractivity (Wildman–Crippen MR) is 162 cm³/mol. The number of nitrogens with one attached hydrogen (secondary N) is 2. The highest BCUT2D eigenvalue weighted by molar-refractivity contribution is 5.76. The van der Waals surface area contributed by atoms with Gasteiger partial charge < -0.3 is 30.0 Å². The van der Waals surface area contributed by atoms with Crippen molar-refractivity contribution in [3.63, 3.8) is 0 Å². The minimum absolute atomic E-state index is 0.159. The molecule has 2 atom stereocenters. The highest BCUT2D eigenvalue weighted by atomic mass is 19.1. The van der Waals surface area contributed by atoms with Gasteiger partial charge in [0.1, 0.15) is 29.0 Å². The zero-order valence-corrected chi connectivity index (χ0v) is 25.0. The van der Waals surface area contributed by atoms with Crippen LogP contribution in [0.25, 0.3) is 11.1 Å². The number of hydrogen-bond donors (Lipinski definition) is 3. The quantitative estimate of drug-likeness (QED) is 0.225. The van der Waals surface area contributed by atoms with Crippen molar-refractivity contribution in [3.05, 3.63) is 77.1 Å². The number of carbonyl (C=O) groups excluding carboxylic acids is 1. The topological polar surface area (TPSA) is 106 Å². The van der Waals surface area contributed by atoms with Crippen LogP contribution in [-0.2, 0) is 16.0 Å². The largest absolute Gasteiger partial charge is 0.491 e. The molecule has 9 heteroatoms. The maximum atomic E-state index is 16.2. The van der Waals surface area contributed by atoms with Crippen molar-refractivity contribution in [2.75, 3.05) is 18.5 Å². The lowest BCUT2D eigenvalue weighted by molar-refractivity contribution is -0.136. The van der Waals surface area contributed by atoms with E-state index in [9.17, 15) is 14.7 Å². The van der Waals surface area contributed by atoms with Gasteiger partial charge in [-0.25, -0.2) is 9.18 Å². The Labute approximate surface area is 251 Å². The lowest BCUT2D eigenvalue weighted by Crippen LogP contribution is -2.34. The average Bonchev–Trinajstić information content (AvgIpc) is 3.76. The Kier molecular flexibility index (Phi) is 8.80. The van der Waals surface area contributed by atoms with Crippen molar-refractivity contribution in [2.45, 2.75) is 71.1 Å². The highest BCUT2D eigenvalue weighted by Gasteiger charge is 2.30. The number of alkyl carbamates (subject to hydrolysis) is 1. The summed E-state index contributed by atoms with van der Waals surface area (Å²) in [7, 11) is 0. The van der Waals surface area contributed by atoms with E-state index in [4.69, 9.17) is 14.2 Å². The summed E-state index contributed by atoms with van der Waals surface area (Å²) in [6.07, 6.45) is 1.67. The van der Waals surface area contributed by atoms with Crippen molar-refractivity contribution in [2.24, 2.45) is 5.92 Å². The van der Waals surface area contributed by atoms with E-state index < -0.39 is 35.6 Å². The van der Waals surface area contributed by atoms with Crippen molar-refractivity contribution in [1.29, 1.82) is 0 Å². The Morgan fingerprint density at radius 2 is 1.86 bits per heavy atom. The molecule has 3 aromatic rings. The second-order valence-corrected chi connectivity index (χ2v) is 12.3. The summed E-state index contributed by atoms with van der Waals surface area (Å²) in [5, 5.41) is 15.6. The number of rotatable bonds is 10. The number of carbonyl (C=O) groups is 2. The monoisotopic (exact) mass is 590 g/mol. The second kappa shape index (κ2) is 12.5. The molecule has 0 radical (unpaired) electrons. The molecule has 228 valence electrons. The molecule has 1 heterocycles. The van der Waals surface area contributed by atoms with Crippen LogP contribution in [0.4, 0.5) is 14.9 Å². The van der Waals surface area contributed by atoms with E-state index >= 15 is 4.39 Å². The molecule has 3 N–H and O–H groups in total. The van der Waals surface area contributed by atoms with Gasteiger partial charge in [-0.3, -0.25) is 4.79 Å². The Hall–Kier alpha value is -4.27. The molecule has 43 heavy (non-hydrogen) atoms. The molecule has 1 unspecified atom stereocenters. The van der Waals surface area contributed by atoms with E-state index in [0.29, 0.717) is 52.7 Å². The number of anilines is 1. The number of hydrogen-bond acceptors (Lipinski definition) is 6. The number of amides is 1. The highest BCUT2D eigenvalue weighted by Crippen LogP contribution is 2.45. The molecule has 2 aliphatic rings. The summed E-state index contributed by atoms with van der Waals surface area (Å²) in [5.74, 6) is 0.365. The van der Waals surface area contributed by atoms with Crippen molar-refractivity contribution in [3.8, 4) is 22.6 Å². The van der Waals surface area contributed by atoms with Crippen LogP contribution >= 0.6 is 0 Å². The average molecular weight is 591 g/mol. The van der Waals surface area contributed by atoms with Crippen molar-refractivity contribution >= 4 is 17.7 Å². The number of para-hydroxylation sites is 1. The molecule has 8 nitrogen and oxygen atoms in total. The minimum atomic E-state index is -0.942. The SMILES string of the molecule is C[C@@H](NC(=O)OC(C)(C)C)c1cccc(-c2cc(NCC3CC3)c3c(c2)C(Oc2ccccc2CC(=O)O)CCO3)c1F. The van der Waals surface area contributed by atoms with Crippen LogP contribution in [0.2, 0.25) is 0 Å². The van der Waals surface area contributed by atoms with Crippen LogP contribution in [-0.4, -0.2) is 35.9 Å². The van der Waals surface area contributed by atoms with Gasteiger partial charge in [-0.1, -0.05) is 36.4 Å². The van der Waals surface area contributed by atoms with Gasteiger partial charge in [-0.05, 0) is 70.2 Å². The zero-order valence-electron chi connectivity index (χ0n) is 25.0. The summed E-state index contributed by atoms with van der Waals surface area (Å²) in [6, 6.07) is 15.4. The maximum Gasteiger partial charge on any atom is 0.408 e. The lowest BCUT2D eigenvalue weighted by Gasteiger charge is -2.30. The lowest BCUT2D eigenvalue weighted by atomic mass is 9.93. The number of carboxylic acids is 1. The number of halogens is 1. The Bertz CT molecular complexity index is 1500.